The van der Waals surface area contributed by atoms with Gasteiger partial charge in [-0.15, -0.1) is 11.3 Å². The Hall–Kier alpha value is -1.88. The Balaban J connectivity index is 1.68. The zero-order chi connectivity index (χ0) is 12.4. The molecule has 0 aliphatic carbocycles. The Bertz CT molecular complexity index is 656. The van der Waals surface area contributed by atoms with E-state index in [9.17, 15) is 0 Å². The van der Waals surface area contributed by atoms with Crippen molar-refractivity contribution in [3.05, 3.63) is 46.7 Å². The molecule has 0 bridgehead atoms. The monoisotopic (exact) mass is 258 g/mol. The number of imidazole rings is 1. The quantitative estimate of drug-likeness (QED) is 0.782. The lowest BCUT2D eigenvalue weighted by molar-refractivity contribution is 0.970. The van der Waals surface area contributed by atoms with Crippen molar-refractivity contribution in [1.29, 1.82) is 0 Å². The highest BCUT2D eigenvalue weighted by Gasteiger charge is 2.01. The van der Waals surface area contributed by atoms with Crippen molar-refractivity contribution >= 4 is 22.8 Å². The molecule has 4 nitrogen and oxygen atoms in total. The van der Waals surface area contributed by atoms with Gasteiger partial charge in [-0.05, 0) is 19.1 Å². The smallest absolute Gasteiger partial charge is 0.138 e. The van der Waals surface area contributed by atoms with Gasteiger partial charge in [0, 0.05) is 36.4 Å². The van der Waals surface area contributed by atoms with Gasteiger partial charge in [0.2, 0.25) is 0 Å². The molecule has 0 amide bonds. The third-order valence-corrected chi connectivity index (χ3v) is 3.77. The maximum atomic E-state index is 4.45. The van der Waals surface area contributed by atoms with Gasteiger partial charge in [-0.1, -0.05) is 6.07 Å². The minimum Gasteiger partial charge on any atom is -0.371 e. The van der Waals surface area contributed by atoms with Crippen LogP contribution in [0, 0.1) is 6.92 Å². The average Bonchev–Trinajstić information content (AvgIpc) is 2.98. The van der Waals surface area contributed by atoms with Crippen molar-refractivity contribution in [1.82, 2.24) is 14.4 Å². The molecule has 3 rings (SSSR count). The third kappa shape index (κ3) is 2.22. The molecule has 0 unspecified atom stereocenters. The Morgan fingerprint density at radius 1 is 1.39 bits per heavy atom. The van der Waals surface area contributed by atoms with Gasteiger partial charge in [0.25, 0.3) is 0 Å². The minimum atomic E-state index is 0.879. The number of rotatable bonds is 4. The standard InChI is InChI=1S/C13H14N4S/c1-10-9-18-13(16-10)5-6-14-11-3-2-4-12-15-7-8-17(11)12/h2-4,7-9,14H,5-6H2,1H3. The van der Waals surface area contributed by atoms with E-state index in [1.807, 2.05) is 35.9 Å². The lowest BCUT2D eigenvalue weighted by Crippen LogP contribution is -2.07. The van der Waals surface area contributed by atoms with Gasteiger partial charge in [-0.25, -0.2) is 9.97 Å². The number of pyridine rings is 1. The molecule has 0 fully saturated rings. The van der Waals surface area contributed by atoms with Crippen LogP contribution in [0.2, 0.25) is 0 Å². The number of nitrogens with zero attached hydrogens (tertiary/aromatic N) is 3. The van der Waals surface area contributed by atoms with Crippen LogP contribution < -0.4 is 5.32 Å². The van der Waals surface area contributed by atoms with E-state index < -0.39 is 0 Å². The van der Waals surface area contributed by atoms with E-state index in [4.69, 9.17) is 0 Å². The van der Waals surface area contributed by atoms with E-state index in [1.165, 1.54) is 5.01 Å². The first-order chi connectivity index (χ1) is 8.83. The van der Waals surface area contributed by atoms with Crippen LogP contribution in [0.15, 0.2) is 36.0 Å². The van der Waals surface area contributed by atoms with Crippen molar-refractivity contribution in [3.8, 4) is 0 Å². The molecular weight excluding hydrogens is 244 g/mol. The number of aromatic nitrogens is 3. The molecule has 0 spiro atoms. The summed E-state index contributed by atoms with van der Waals surface area (Å²) >= 11 is 1.72. The molecule has 3 aromatic heterocycles. The van der Waals surface area contributed by atoms with Crippen molar-refractivity contribution < 1.29 is 0 Å². The predicted octanol–water partition coefficient (Wildman–Crippen LogP) is 2.75. The molecule has 5 heteroatoms. The van der Waals surface area contributed by atoms with Crippen LogP contribution in [-0.4, -0.2) is 20.9 Å². The van der Waals surface area contributed by atoms with Crippen LogP contribution in [0.5, 0.6) is 0 Å². The summed E-state index contributed by atoms with van der Waals surface area (Å²) in [5, 5.41) is 6.69. The van der Waals surface area contributed by atoms with Crippen molar-refractivity contribution in [2.45, 2.75) is 13.3 Å². The molecule has 0 aliphatic heterocycles. The maximum absolute atomic E-state index is 4.45. The molecule has 0 saturated heterocycles. The Labute approximate surface area is 109 Å². The summed E-state index contributed by atoms with van der Waals surface area (Å²) in [6, 6.07) is 6.06. The molecule has 92 valence electrons. The highest BCUT2D eigenvalue weighted by Crippen LogP contribution is 2.12. The predicted molar refractivity (Wildman–Crippen MR) is 74.2 cm³/mol. The second-order valence-corrected chi connectivity index (χ2v) is 5.07. The van der Waals surface area contributed by atoms with Crippen LogP contribution in [0.25, 0.3) is 5.65 Å². The molecule has 1 N–H and O–H groups in total. The lowest BCUT2D eigenvalue weighted by Gasteiger charge is -2.07. The van der Waals surface area contributed by atoms with Crippen molar-refractivity contribution in [2.24, 2.45) is 0 Å². The van der Waals surface area contributed by atoms with Gasteiger partial charge in [-0.2, -0.15) is 0 Å². The van der Waals surface area contributed by atoms with E-state index in [0.717, 1.165) is 30.1 Å². The molecule has 18 heavy (non-hydrogen) atoms. The summed E-state index contributed by atoms with van der Waals surface area (Å²) in [7, 11) is 0. The maximum Gasteiger partial charge on any atom is 0.138 e. The van der Waals surface area contributed by atoms with Gasteiger partial charge >= 0.3 is 0 Å². The SMILES string of the molecule is Cc1csc(CCNc2cccc3nccn23)n1. The number of thiazole rings is 1. The highest BCUT2D eigenvalue weighted by atomic mass is 32.1. The van der Waals surface area contributed by atoms with Crippen LogP contribution >= 0.6 is 11.3 Å². The first-order valence-corrected chi connectivity index (χ1v) is 6.78. The van der Waals surface area contributed by atoms with E-state index in [-0.39, 0.29) is 0 Å². The van der Waals surface area contributed by atoms with E-state index in [1.54, 1.807) is 11.3 Å². The lowest BCUT2D eigenvalue weighted by atomic mass is 10.4. The second-order valence-electron chi connectivity index (χ2n) is 4.13. The van der Waals surface area contributed by atoms with Gasteiger partial charge in [-0.3, -0.25) is 4.40 Å². The third-order valence-electron chi connectivity index (χ3n) is 2.74. The number of hydrogen-bond donors (Lipinski definition) is 1. The average molecular weight is 258 g/mol. The molecule has 3 heterocycles. The summed E-state index contributed by atoms with van der Waals surface area (Å²) in [5.41, 5.74) is 2.07. The Morgan fingerprint density at radius 2 is 2.33 bits per heavy atom. The first kappa shape index (κ1) is 11.2. The number of hydrogen-bond acceptors (Lipinski definition) is 4. The van der Waals surface area contributed by atoms with Gasteiger partial charge in [0.05, 0.1) is 5.01 Å². The summed E-state index contributed by atoms with van der Waals surface area (Å²) in [6.07, 6.45) is 4.72. The molecular formula is C13H14N4S. The van der Waals surface area contributed by atoms with Gasteiger partial charge in [0.1, 0.15) is 11.5 Å². The van der Waals surface area contributed by atoms with E-state index >= 15 is 0 Å². The summed E-state index contributed by atoms with van der Waals surface area (Å²) in [5.74, 6) is 1.07. The van der Waals surface area contributed by atoms with Crippen LogP contribution in [0.4, 0.5) is 5.82 Å². The van der Waals surface area contributed by atoms with Crippen LogP contribution in [0.3, 0.4) is 0 Å². The normalized spacial score (nSPS) is 10.9. The van der Waals surface area contributed by atoms with Crippen LogP contribution in [-0.2, 0) is 6.42 Å². The zero-order valence-corrected chi connectivity index (χ0v) is 10.9. The molecule has 3 aromatic rings. The van der Waals surface area contributed by atoms with Gasteiger partial charge in [0.15, 0.2) is 0 Å². The van der Waals surface area contributed by atoms with Crippen molar-refractivity contribution in [2.75, 3.05) is 11.9 Å². The van der Waals surface area contributed by atoms with E-state index in [0.29, 0.717) is 0 Å². The number of fused-ring (bicyclic) bond motifs is 1. The molecule has 0 aliphatic rings. The zero-order valence-electron chi connectivity index (χ0n) is 10.1. The van der Waals surface area contributed by atoms with E-state index in [2.05, 4.69) is 26.7 Å². The number of nitrogens with one attached hydrogen (secondary N) is 1. The second kappa shape index (κ2) is 4.78. The molecule has 0 atom stereocenters. The fraction of sp³-hybridized carbons (Fsp3) is 0.231. The summed E-state index contributed by atoms with van der Waals surface area (Å²) in [4.78, 5) is 8.72. The summed E-state index contributed by atoms with van der Waals surface area (Å²) in [6.45, 7) is 2.91. The number of anilines is 1. The first-order valence-electron chi connectivity index (χ1n) is 5.90. The van der Waals surface area contributed by atoms with Crippen LogP contribution in [0.1, 0.15) is 10.7 Å². The van der Waals surface area contributed by atoms with Gasteiger partial charge < -0.3 is 5.32 Å². The molecule has 0 radical (unpaired) electrons. The molecule has 0 saturated carbocycles. The molecule has 0 aromatic carbocycles. The fourth-order valence-corrected chi connectivity index (χ4v) is 2.68. The fourth-order valence-electron chi connectivity index (χ4n) is 1.91. The summed E-state index contributed by atoms with van der Waals surface area (Å²) < 4.78 is 2.05. The van der Waals surface area contributed by atoms with Crippen molar-refractivity contribution in [3.63, 3.8) is 0 Å². The minimum absolute atomic E-state index is 0.879. The Kier molecular flexibility index (Phi) is 2.98. The topological polar surface area (TPSA) is 42.2 Å². The Morgan fingerprint density at radius 3 is 3.17 bits per heavy atom. The highest BCUT2D eigenvalue weighted by molar-refractivity contribution is 7.09. The number of aryl methyl sites for hydroxylation is 1. The largest absolute Gasteiger partial charge is 0.371 e.